The Morgan fingerprint density at radius 2 is 1.56 bits per heavy atom. The minimum absolute atomic E-state index is 0.130. The van der Waals surface area contributed by atoms with Crippen molar-refractivity contribution in [1.29, 1.82) is 0 Å². The molecule has 8 rings (SSSR count). The van der Waals surface area contributed by atoms with Gasteiger partial charge in [0.2, 0.25) is 6.29 Å². The molecule has 4 saturated carbocycles. The molecule has 0 bridgehead atoms. The Morgan fingerprint density at radius 1 is 0.869 bits per heavy atom. The van der Waals surface area contributed by atoms with Crippen molar-refractivity contribution in [3.63, 3.8) is 0 Å². The summed E-state index contributed by atoms with van der Waals surface area (Å²) < 4.78 is 34.7. The Kier molecular flexibility index (Phi) is 11.8. The number of hydrogen-bond donors (Lipinski definition) is 5. The van der Waals surface area contributed by atoms with Crippen LogP contribution in [0.3, 0.4) is 0 Å². The first-order valence-electron chi connectivity index (χ1n) is 23.2. The molecular weight excluding hydrogens is 797 g/mol. The number of carbonyl (C=O) groups is 2. The van der Waals surface area contributed by atoms with Gasteiger partial charge in [0.15, 0.2) is 15.9 Å². The predicted octanol–water partition coefficient (Wildman–Crippen LogP) is 5.54. The highest BCUT2D eigenvalue weighted by Crippen LogP contribution is 2.76. The van der Waals surface area contributed by atoms with Crippen LogP contribution in [-0.4, -0.2) is 120 Å². The van der Waals surface area contributed by atoms with Crippen LogP contribution in [0.1, 0.15) is 122 Å². The van der Waals surface area contributed by atoms with Crippen molar-refractivity contribution < 1.29 is 47.9 Å². The number of fused-ring (bicyclic) bond motifs is 7. The smallest absolute Gasteiger partial charge is 0.340 e. The van der Waals surface area contributed by atoms with Crippen molar-refractivity contribution in [2.45, 2.75) is 142 Å². The Morgan fingerprint density at radius 3 is 2.21 bits per heavy atom. The lowest BCUT2D eigenvalue weighted by molar-refractivity contribution is -0.278. The molecule has 5 aliphatic carbocycles. The zero-order chi connectivity index (χ0) is 44.1. The van der Waals surface area contributed by atoms with Crippen LogP contribution < -0.4 is 5.32 Å². The van der Waals surface area contributed by atoms with E-state index in [1.165, 1.54) is 50.5 Å². The van der Waals surface area contributed by atoms with Gasteiger partial charge in [-0.05, 0) is 138 Å². The number of nitrogens with zero attached hydrogens (tertiary/aromatic N) is 1. The highest BCUT2D eigenvalue weighted by atomic mass is 32.2. The maximum atomic E-state index is 13.2. The number of rotatable bonds is 9. The first kappa shape index (κ1) is 45.2. The number of aliphatic hydroxyl groups excluding tert-OH is 3. The molecule has 7 aliphatic rings. The van der Waals surface area contributed by atoms with E-state index >= 15 is 0 Å². The van der Waals surface area contributed by atoms with Crippen LogP contribution in [-0.2, 0) is 24.1 Å². The van der Waals surface area contributed by atoms with E-state index in [4.69, 9.17) is 9.47 Å². The van der Waals surface area contributed by atoms with E-state index in [-0.39, 0.29) is 44.3 Å². The number of allylic oxidation sites excluding steroid dienone is 2. The van der Waals surface area contributed by atoms with Gasteiger partial charge in [0.1, 0.15) is 18.3 Å². The number of ether oxygens (including phenoxy) is 2. The number of benzene rings is 1. The molecule has 0 spiro atoms. The summed E-state index contributed by atoms with van der Waals surface area (Å²) in [7, 11) is -2.89. The van der Waals surface area contributed by atoms with Crippen LogP contribution in [0.2, 0.25) is 0 Å². The largest absolute Gasteiger partial charge is 0.479 e. The van der Waals surface area contributed by atoms with Gasteiger partial charge < -0.3 is 40.1 Å². The number of aliphatic hydroxyl groups is 3. The van der Waals surface area contributed by atoms with Gasteiger partial charge in [-0.2, -0.15) is 0 Å². The van der Waals surface area contributed by atoms with Gasteiger partial charge in [0, 0.05) is 31.7 Å². The molecule has 0 radical (unpaired) electrons. The fourth-order valence-electron chi connectivity index (χ4n) is 15.3. The summed E-state index contributed by atoms with van der Waals surface area (Å²) in [5, 5.41) is 44.2. The van der Waals surface area contributed by atoms with E-state index in [9.17, 15) is 38.4 Å². The summed E-state index contributed by atoms with van der Waals surface area (Å²) in [4.78, 5) is 27.1. The van der Waals surface area contributed by atoms with Crippen LogP contribution >= 0.6 is 0 Å². The van der Waals surface area contributed by atoms with Crippen molar-refractivity contribution in [2.24, 2.45) is 57.2 Å². The standard InChI is InChI=1S/C48H72N2O10S/c1-28(2)31-14-19-48(49-22-23-50-24-26-61(57,58)27-25-50)21-20-46(6)33(36(31)48)12-13-35-45(5)17-15-32(44(3,4)34(45)16-18-47(35,46)7)29-8-10-30(11-9-29)42(56)60-43-39(53)37(51)38(52)40(59-43)41(54)55/h8-11,15,28,31,33-40,43,49,51-53H,12-14,16-27H2,1-7H3,(H,54,55)/t31-,33+,34-,35+,36+,37-,38-,39+,40-,43?,45-,46+,47+,48-/m0/s1. The number of carboxylic acids is 1. The minimum Gasteiger partial charge on any atom is -0.479 e. The Balaban J connectivity index is 0.987. The second-order valence-electron chi connectivity index (χ2n) is 22.0. The highest BCUT2D eigenvalue weighted by molar-refractivity contribution is 7.91. The molecule has 5 N–H and O–H groups in total. The third-order valence-electron chi connectivity index (χ3n) is 18.7. The van der Waals surface area contributed by atoms with E-state index in [0.29, 0.717) is 48.6 Å². The molecule has 1 unspecified atom stereocenters. The van der Waals surface area contributed by atoms with Gasteiger partial charge in [0.05, 0.1) is 17.1 Å². The van der Waals surface area contributed by atoms with Gasteiger partial charge in [-0.3, -0.25) is 0 Å². The fourth-order valence-corrected chi connectivity index (χ4v) is 16.6. The van der Waals surface area contributed by atoms with E-state index < -0.39 is 52.5 Å². The number of aliphatic carboxylic acids is 1. The summed E-state index contributed by atoms with van der Waals surface area (Å²) in [6, 6.07) is 7.19. The highest BCUT2D eigenvalue weighted by Gasteiger charge is 2.70. The van der Waals surface area contributed by atoms with E-state index in [1.807, 2.05) is 12.1 Å². The lowest BCUT2D eigenvalue weighted by Gasteiger charge is -2.72. The van der Waals surface area contributed by atoms with Gasteiger partial charge in [-0.1, -0.05) is 66.7 Å². The molecule has 6 fully saturated rings. The van der Waals surface area contributed by atoms with Crippen molar-refractivity contribution in [3.05, 3.63) is 41.5 Å². The average molecular weight is 869 g/mol. The molecule has 340 valence electrons. The normalized spacial score (nSPS) is 44.2. The van der Waals surface area contributed by atoms with E-state index in [0.717, 1.165) is 31.5 Å². The summed E-state index contributed by atoms with van der Waals surface area (Å²) in [6.45, 7) is 20.8. The molecule has 14 atom stereocenters. The van der Waals surface area contributed by atoms with E-state index in [2.05, 4.69) is 64.8 Å². The summed E-state index contributed by atoms with van der Waals surface area (Å²) in [6.07, 6.45) is 4.18. The van der Waals surface area contributed by atoms with Crippen molar-refractivity contribution in [2.75, 3.05) is 37.7 Å². The zero-order valence-electron chi connectivity index (χ0n) is 37.4. The van der Waals surface area contributed by atoms with Crippen molar-refractivity contribution in [3.8, 4) is 0 Å². The van der Waals surface area contributed by atoms with Crippen molar-refractivity contribution >= 4 is 27.3 Å². The Labute approximate surface area is 363 Å². The second-order valence-corrected chi connectivity index (χ2v) is 24.3. The molecule has 1 aromatic rings. The molecule has 12 nitrogen and oxygen atoms in total. The number of carbonyl (C=O) groups excluding carboxylic acids is 1. The maximum absolute atomic E-state index is 13.2. The van der Waals surface area contributed by atoms with Crippen LogP contribution in [0, 0.1) is 57.2 Å². The monoisotopic (exact) mass is 868 g/mol. The van der Waals surface area contributed by atoms with Crippen molar-refractivity contribution in [1.82, 2.24) is 10.2 Å². The van der Waals surface area contributed by atoms with Gasteiger partial charge in [0.25, 0.3) is 0 Å². The molecule has 0 aromatic heterocycles. The minimum atomic E-state index is -2.89. The summed E-state index contributed by atoms with van der Waals surface area (Å²) in [5.74, 6) is 1.90. The number of hydrogen-bond acceptors (Lipinski definition) is 11. The molecule has 0 amide bonds. The predicted molar refractivity (Wildman–Crippen MR) is 232 cm³/mol. The Bertz CT molecular complexity index is 1970. The first-order chi connectivity index (χ1) is 28.6. The van der Waals surface area contributed by atoms with E-state index in [1.54, 1.807) is 12.1 Å². The summed E-state index contributed by atoms with van der Waals surface area (Å²) >= 11 is 0. The Hall–Kier alpha value is -2.39. The fraction of sp³-hybridized carbons (Fsp3) is 0.792. The number of esters is 1. The maximum Gasteiger partial charge on any atom is 0.340 e. The lowest BCUT2D eigenvalue weighted by Crippen LogP contribution is -2.68. The molecule has 61 heavy (non-hydrogen) atoms. The van der Waals surface area contributed by atoms with Crippen LogP contribution in [0.15, 0.2) is 30.3 Å². The van der Waals surface area contributed by atoms with Crippen LogP contribution in [0.4, 0.5) is 0 Å². The van der Waals surface area contributed by atoms with Gasteiger partial charge in [-0.15, -0.1) is 0 Å². The third-order valence-corrected chi connectivity index (χ3v) is 20.3. The zero-order valence-corrected chi connectivity index (χ0v) is 38.3. The average Bonchev–Trinajstić information content (AvgIpc) is 3.59. The molecule has 2 saturated heterocycles. The SMILES string of the molecule is CC(C)[C@@H]1CC[C@]2(NCCN3CCS(=O)(=O)CC3)CC[C@]3(C)[C@H](CC[C@@H]4[C@@]5(C)CC=C(c6ccc(C(=O)OC7O[C@H](C(=O)O)[C@@H](O)[C@H](O)[C@H]7O)cc6)C(C)(C)[C@@H]5CC[C@]43C)[C@@H]12. The molecule has 1 aromatic carbocycles. The topological polar surface area (TPSA) is 183 Å². The van der Waals surface area contributed by atoms with Gasteiger partial charge >= 0.3 is 11.9 Å². The second kappa shape index (κ2) is 15.9. The first-order valence-corrected chi connectivity index (χ1v) is 25.0. The molecule has 2 aliphatic heterocycles. The van der Waals surface area contributed by atoms with Gasteiger partial charge in [-0.25, -0.2) is 18.0 Å². The number of nitrogens with one attached hydrogen (secondary N) is 1. The lowest BCUT2D eigenvalue weighted by atomic mass is 9.33. The molecular formula is C48H72N2O10S. The molecule has 2 heterocycles. The van der Waals surface area contributed by atoms with Crippen LogP contribution in [0.25, 0.3) is 5.57 Å². The quantitative estimate of drug-likeness (QED) is 0.196. The number of sulfone groups is 1. The summed E-state index contributed by atoms with van der Waals surface area (Å²) in [5.41, 5.74) is 3.11. The molecule has 13 heteroatoms. The third kappa shape index (κ3) is 7.36. The van der Waals surface area contributed by atoms with Crippen LogP contribution in [0.5, 0.6) is 0 Å². The number of carboxylic acid groups (broad SMARTS) is 1.